The quantitative estimate of drug-likeness (QED) is 0.879. The molecule has 1 aromatic heterocycles. The summed E-state index contributed by atoms with van der Waals surface area (Å²) in [6.07, 6.45) is 8.28. The van der Waals surface area contributed by atoms with Crippen molar-refractivity contribution < 1.29 is 0 Å². The lowest BCUT2D eigenvalue weighted by molar-refractivity contribution is 0.163. The van der Waals surface area contributed by atoms with E-state index in [-0.39, 0.29) is 0 Å². The Kier molecular flexibility index (Phi) is 5.69. The molecule has 1 saturated heterocycles. The van der Waals surface area contributed by atoms with Gasteiger partial charge in [-0.3, -0.25) is 4.90 Å². The fraction of sp³-hybridized carbons (Fsp3) is 0.765. The number of nitrogens with zero attached hydrogens (tertiary/aromatic N) is 1. The summed E-state index contributed by atoms with van der Waals surface area (Å²) in [7, 11) is 0. The molecule has 2 heterocycles. The highest BCUT2D eigenvalue weighted by molar-refractivity contribution is 7.10. The van der Waals surface area contributed by atoms with Crippen LogP contribution in [0.5, 0.6) is 0 Å². The lowest BCUT2D eigenvalue weighted by Gasteiger charge is -2.40. The van der Waals surface area contributed by atoms with Gasteiger partial charge in [-0.1, -0.05) is 25.3 Å². The normalized spacial score (nSPS) is 28.8. The van der Waals surface area contributed by atoms with Crippen molar-refractivity contribution in [3.05, 3.63) is 22.4 Å². The molecule has 1 saturated carbocycles. The van der Waals surface area contributed by atoms with Crippen molar-refractivity contribution in [2.45, 2.75) is 56.5 Å². The molecule has 1 aliphatic carbocycles. The third-order valence-corrected chi connectivity index (χ3v) is 6.03. The number of thiophene rings is 1. The highest BCUT2D eigenvalue weighted by atomic mass is 32.1. The average molecular weight is 308 g/mol. The molecule has 0 radical (unpaired) electrons. The second-order valence-corrected chi connectivity index (χ2v) is 7.67. The first-order valence-corrected chi connectivity index (χ1v) is 9.45. The largest absolute Gasteiger partial charge is 0.329 e. The van der Waals surface area contributed by atoms with Gasteiger partial charge in [0.15, 0.2) is 0 Å². The van der Waals surface area contributed by atoms with E-state index in [4.69, 9.17) is 5.73 Å². The third-order valence-electron chi connectivity index (χ3n) is 4.99. The molecule has 3 nitrogen and oxygen atoms in total. The van der Waals surface area contributed by atoms with Crippen LogP contribution in [0.15, 0.2) is 17.5 Å². The van der Waals surface area contributed by atoms with Crippen LogP contribution >= 0.6 is 11.3 Å². The Labute approximate surface area is 132 Å². The molecule has 2 unspecified atom stereocenters. The molecular weight excluding hydrogens is 278 g/mol. The van der Waals surface area contributed by atoms with Crippen molar-refractivity contribution in [1.82, 2.24) is 10.2 Å². The van der Waals surface area contributed by atoms with Crippen molar-refractivity contribution in [3.63, 3.8) is 0 Å². The van der Waals surface area contributed by atoms with Gasteiger partial charge in [0.05, 0.1) is 0 Å². The molecule has 21 heavy (non-hydrogen) atoms. The Hall–Kier alpha value is -0.420. The van der Waals surface area contributed by atoms with Gasteiger partial charge in [-0.05, 0) is 30.7 Å². The van der Waals surface area contributed by atoms with E-state index in [9.17, 15) is 0 Å². The predicted molar refractivity (Wildman–Crippen MR) is 91.0 cm³/mol. The smallest absolute Gasteiger partial charge is 0.0204 e. The summed E-state index contributed by atoms with van der Waals surface area (Å²) in [6.45, 7) is 4.16. The number of hydrogen-bond acceptors (Lipinski definition) is 4. The standard InChI is InChI=1S/C17H29N3S/c18-8-9-20-12-14(17-7-4-10-21-17)11-16(13-20)19-15-5-2-1-3-6-15/h4,7,10,14-16,19H,1-3,5-6,8-9,11-13,18H2. The lowest BCUT2D eigenvalue weighted by atomic mass is 9.90. The Balaban J connectivity index is 1.61. The molecule has 3 rings (SSSR count). The average Bonchev–Trinajstić information content (AvgIpc) is 3.03. The Morgan fingerprint density at radius 1 is 1.19 bits per heavy atom. The zero-order valence-corrected chi connectivity index (χ0v) is 13.8. The van der Waals surface area contributed by atoms with Crippen LogP contribution in [-0.2, 0) is 0 Å². The van der Waals surface area contributed by atoms with E-state index < -0.39 is 0 Å². The minimum absolute atomic E-state index is 0.639. The van der Waals surface area contributed by atoms with E-state index in [0.717, 1.165) is 19.1 Å². The molecule has 0 bridgehead atoms. The highest BCUT2D eigenvalue weighted by Gasteiger charge is 2.29. The molecule has 3 N–H and O–H groups in total. The molecule has 0 amide bonds. The second-order valence-electron chi connectivity index (χ2n) is 6.69. The Morgan fingerprint density at radius 2 is 2.05 bits per heavy atom. The van der Waals surface area contributed by atoms with Gasteiger partial charge in [0.2, 0.25) is 0 Å². The molecule has 2 atom stereocenters. The molecule has 118 valence electrons. The fourth-order valence-electron chi connectivity index (χ4n) is 4.01. The van der Waals surface area contributed by atoms with Crippen LogP contribution in [-0.4, -0.2) is 43.2 Å². The molecular formula is C17H29N3S. The van der Waals surface area contributed by atoms with Crippen molar-refractivity contribution in [3.8, 4) is 0 Å². The zero-order valence-electron chi connectivity index (χ0n) is 13.0. The van der Waals surface area contributed by atoms with Crippen LogP contribution in [0.25, 0.3) is 0 Å². The number of likely N-dealkylation sites (tertiary alicyclic amines) is 1. The van der Waals surface area contributed by atoms with Crippen molar-refractivity contribution in [1.29, 1.82) is 0 Å². The maximum absolute atomic E-state index is 5.79. The molecule has 0 spiro atoms. The molecule has 2 aliphatic rings. The zero-order chi connectivity index (χ0) is 14.5. The van der Waals surface area contributed by atoms with Crippen molar-refractivity contribution in [2.24, 2.45) is 5.73 Å². The Morgan fingerprint density at radius 3 is 2.76 bits per heavy atom. The van der Waals surface area contributed by atoms with Gasteiger partial charge in [0.25, 0.3) is 0 Å². The van der Waals surface area contributed by atoms with Crippen LogP contribution in [0.1, 0.15) is 49.3 Å². The van der Waals surface area contributed by atoms with E-state index in [1.54, 1.807) is 4.88 Å². The minimum atomic E-state index is 0.639. The summed E-state index contributed by atoms with van der Waals surface area (Å²) in [5, 5.41) is 6.17. The van der Waals surface area contributed by atoms with Gasteiger partial charge in [0, 0.05) is 49.1 Å². The number of rotatable bonds is 5. The van der Waals surface area contributed by atoms with Gasteiger partial charge in [-0.2, -0.15) is 0 Å². The summed E-state index contributed by atoms with van der Waals surface area (Å²) >= 11 is 1.91. The summed E-state index contributed by atoms with van der Waals surface area (Å²) < 4.78 is 0. The van der Waals surface area contributed by atoms with Gasteiger partial charge in [0.1, 0.15) is 0 Å². The summed E-state index contributed by atoms with van der Waals surface area (Å²) in [4.78, 5) is 4.11. The van der Waals surface area contributed by atoms with E-state index >= 15 is 0 Å². The molecule has 1 aromatic rings. The lowest BCUT2D eigenvalue weighted by Crippen LogP contribution is -2.52. The van der Waals surface area contributed by atoms with E-state index in [1.165, 1.54) is 51.6 Å². The molecule has 2 fully saturated rings. The number of nitrogens with one attached hydrogen (secondary N) is 1. The first kappa shape index (κ1) is 15.5. The van der Waals surface area contributed by atoms with Gasteiger partial charge >= 0.3 is 0 Å². The minimum Gasteiger partial charge on any atom is -0.329 e. The highest BCUT2D eigenvalue weighted by Crippen LogP contribution is 2.31. The fourth-order valence-corrected chi connectivity index (χ4v) is 4.84. The van der Waals surface area contributed by atoms with E-state index in [0.29, 0.717) is 12.0 Å². The number of piperidine rings is 1. The van der Waals surface area contributed by atoms with E-state index in [2.05, 4.69) is 27.7 Å². The van der Waals surface area contributed by atoms with E-state index in [1.807, 2.05) is 11.3 Å². The summed E-state index contributed by atoms with van der Waals surface area (Å²) in [5.41, 5.74) is 5.79. The van der Waals surface area contributed by atoms with Crippen LogP contribution in [0.2, 0.25) is 0 Å². The summed E-state index contributed by atoms with van der Waals surface area (Å²) in [6, 6.07) is 5.88. The summed E-state index contributed by atoms with van der Waals surface area (Å²) in [5.74, 6) is 0.686. The maximum atomic E-state index is 5.79. The predicted octanol–water partition coefficient (Wildman–Crippen LogP) is 2.79. The van der Waals surface area contributed by atoms with Crippen LogP contribution in [0.4, 0.5) is 0 Å². The van der Waals surface area contributed by atoms with Crippen LogP contribution < -0.4 is 11.1 Å². The number of nitrogens with two attached hydrogens (primary N) is 1. The number of hydrogen-bond donors (Lipinski definition) is 2. The molecule has 1 aliphatic heterocycles. The molecule has 4 heteroatoms. The van der Waals surface area contributed by atoms with Gasteiger partial charge < -0.3 is 11.1 Å². The van der Waals surface area contributed by atoms with Crippen molar-refractivity contribution in [2.75, 3.05) is 26.2 Å². The SMILES string of the molecule is NCCN1CC(NC2CCCCC2)CC(c2cccs2)C1. The van der Waals surface area contributed by atoms with Crippen LogP contribution in [0, 0.1) is 0 Å². The second kappa shape index (κ2) is 7.73. The first-order chi connectivity index (χ1) is 10.3. The van der Waals surface area contributed by atoms with Gasteiger partial charge in [-0.15, -0.1) is 11.3 Å². The topological polar surface area (TPSA) is 41.3 Å². The van der Waals surface area contributed by atoms with Crippen LogP contribution in [0.3, 0.4) is 0 Å². The van der Waals surface area contributed by atoms with Crippen molar-refractivity contribution >= 4 is 11.3 Å². The Bertz CT molecular complexity index is 400. The third kappa shape index (κ3) is 4.28. The maximum Gasteiger partial charge on any atom is 0.0204 e. The molecule has 0 aromatic carbocycles. The first-order valence-electron chi connectivity index (χ1n) is 8.57. The monoisotopic (exact) mass is 307 g/mol. The van der Waals surface area contributed by atoms with Gasteiger partial charge in [-0.25, -0.2) is 0 Å².